The summed E-state index contributed by atoms with van der Waals surface area (Å²) in [6, 6.07) is 11.4. The average Bonchev–Trinajstić information content (AvgIpc) is 2.57. The highest BCUT2D eigenvalue weighted by molar-refractivity contribution is 7.89. The van der Waals surface area contributed by atoms with Gasteiger partial charge in [0.1, 0.15) is 0 Å². The van der Waals surface area contributed by atoms with E-state index in [0.717, 1.165) is 23.1 Å². The van der Waals surface area contributed by atoms with Crippen molar-refractivity contribution >= 4 is 15.7 Å². The Hall–Kier alpha value is -1.85. The molecule has 0 bridgehead atoms. The summed E-state index contributed by atoms with van der Waals surface area (Å²) in [6.45, 7) is 9.83. The SMILES string of the molecule is CCC(C)N(Cc1ccccc1)S(=O)(=O)c1c(C)cc(C)c(N)c1C. The van der Waals surface area contributed by atoms with Crippen LogP contribution in [0.2, 0.25) is 0 Å². The maximum atomic E-state index is 13.5. The summed E-state index contributed by atoms with van der Waals surface area (Å²) in [4.78, 5) is 0.340. The van der Waals surface area contributed by atoms with Crippen LogP contribution in [-0.2, 0) is 16.6 Å². The molecule has 0 radical (unpaired) electrons. The Morgan fingerprint density at radius 2 is 1.68 bits per heavy atom. The van der Waals surface area contributed by atoms with Gasteiger partial charge in [0.25, 0.3) is 0 Å². The molecule has 0 aliphatic carbocycles. The van der Waals surface area contributed by atoms with Crippen LogP contribution in [0.25, 0.3) is 0 Å². The summed E-state index contributed by atoms with van der Waals surface area (Å²) in [5, 5.41) is 0. The van der Waals surface area contributed by atoms with Crippen molar-refractivity contribution in [1.82, 2.24) is 4.31 Å². The van der Waals surface area contributed by atoms with E-state index in [9.17, 15) is 8.42 Å². The molecule has 0 aliphatic heterocycles. The van der Waals surface area contributed by atoms with Crippen molar-refractivity contribution in [1.29, 1.82) is 0 Å². The van der Waals surface area contributed by atoms with E-state index >= 15 is 0 Å². The van der Waals surface area contributed by atoms with Gasteiger partial charge in [-0.3, -0.25) is 0 Å². The van der Waals surface area contributed by atoms with E-state index in [2.05, 4.69) is 0 Å². The molecule has 2 aromatic carbocycles. The number of aryl methyl sites for hydroxylation is 2. The fourth-order valence-corrected chi connectivity index (χ4v) is 5.28. The molecule has 0 aliphatic rings. The number of rotatable bonds is 6. The summed E-state index contributed by atoms with van der Waals surface area (Å²) in [7, 11) is -3.66. The Labute approximate surface area is 151 Å². The minimum atomic E-state index is -3.66. The van der Waals surface area contributed by atoms with Crippen molar-refractivity contribution in [3.63, 3.8) is 0 Å². The summed E-state index contributed by atoms with van der Waals surface area (Å²) in [5.41, 5.74) is 9.94. The van der Waals surface area contributed by atoms with Crippen LogP contribution in [0, 0.1) is 20.8 Å². The quantitative estimate of drug-likeness (QED) is 0.786. The summed E-state index contributed by atoms with van der Waals surface area (Å²) in [6.07, 6.45) is 0.742. The number of nitrogen functional groups attached to an aromatic ring is 1. The molecule has 0 spiro atoms. The third kappa shape index (κ3) is 3.88. The van der Waals surface area contributed by atoms with Crippen LogP contribution in [0.1, 0.15) is 42.5 Å². The number of anilines is 1. The van der Waals surface area contributed by atoms with Gasteiger partial charge in [0.05, 0.1) is 4.90 Å². The number of benzene rings is 2. The second-order valence-corrected chi connectivity index (χ2v) is 8.50. The highest BCUT2D eigenvalue weighted by Gasteiger charge is 2.32. The third-order valence-electron chi connectivity index (χ3n) is 4.79. The molecule has 1 unspecified atom stereocenters. The molecule has 0 saturated carbocycles. The van der Waals surface area contributed by atoms with Gasteiger partial charge in [0, 0.05) is 18.3 Å². The van der Waals surface area contributed by atoms with Gasteiger partial charge in [-0.05, 0) is 56.4 Å². The van der Waals surface area contributed by atoms with Gasteiger partial charge in [-0.15, -0.1) is 0 Å². The maximum absolute atomic E-state index is 13.5. The zero-order chi connectivity index (χ0) is 18.8. The summed E-state index contributed by atoms with van der Waals surface area (Å²) in [5.74, 6) is 0. The maximum Gasteiger partial charge on any atom is 0.244 e. The highest BCUT2D eigenvalue weighted by atomic mass is 32.2. The normalized spacial score (nSPS) is 13.2. The van der Waals surface area contributed by atoms with Gasteiger partial charge < -0.3 is 5.73 Å². The predicted octanol–water partition coefficient (Wildman–Crippen LogP) is 4.18. The average molecular weight is 361 g/mol. The Kier molecular flexibility index (Phi) is 5.91. The molecular weight excluding hydrogens is 332 g/mol. The molecule has 4 nitrogen and oxygen atoms in total. The van der Waals surface area contributed by atoms with Gasteiger partial charge in [-0.1, -0.05) is 43.3 Å². The molecule has 0 heterocycles. The molecule has 2 aromatic rings. The van der Waals surface area contributed by atoms with Crippen LogP contribution in [-0.4, -0.2) is 18.8 Å². The fourth-order valence-electron chi connectivity index (χ4n) is 3.14. The third-order valence-corrected chi connectivity index (χ3v) is 7.04. The molecule has 25 heavy (non-hydrogen) atoms. The van der Waals surface area contributed by atoms with E-state index in [1.165, 1.54) is 0 Å². The number of nitrogens with two attached hydrogens (primary N) is 1. The first-order valence-electron chi connectivity index (χ1n) is 8.62. The van der Waals surface area contributed by atoms with Crippen LogP contribution in [0.15, 0.2) is 41.3 Å². The van der Waals surface area contributed by atoms with Crippen LogP contribution in [0.5, 0.6) is 0 Å². The number of sulfonamides is 1. The first kappa shape index (κ1) is 19.5. The first-order valence-corrected chi connectivity index (χ1v) is 10.1. The van der Waals surface area contributed by atoms with Crippen LogP contribution < -0.4 is 5.73 Å². The number of nitrogens with zero attached hydrogens (tertiary/aromatic N) is 1. The van der Waals surface area contributed by atoms with Gasteiger partial charge in [-0.2, -0.15) is 4.31 Å². The van der Waals surface area contributed by atoms with E-state index in [-0.39, 0.29) is 6.04 Å². The number of hydrogen-bond acceptors (Lipinski definition) is 3. The zero-order valence-corrected chi connectivity index (χ0v) is 16.5. The van der Waals surface area contributed by atoms with Crippen molar-refractivity contribution in [2.75, 3.05) is 5.73 Å². The molecule has 1 atom stereocenters. The lowest BCUT2D eigenvalue weighted by Crippen LogP contribution is -2.38. The summed E-state index contributed by atoms with van der Waals surface area (Å²) >= 11 is 0. The van der Waals surface area contributed by atoms with E-state index in [1.807, 2.05) is 64.1 Å². The smallest absolute Gasteiger partial charge is 0.244 e. The molecule has 0 saturated heterocycles. The Morgan fingerprint density at radius 1 is 1.08 bits per heavy atom. The highest BCUT2D eigenvalue weighted by Crippen LogP contribution is 2.32. The predicted molar refractivity (Wildman–Crippen MR) is 104 cm³/mol. The van der Waals surface area contributed by atoms with Crippen molar-refractivity contribution < 1.29 is 8.42 Å². The van der Waals surface area contributed by atoms with Crippen molar-refractivity contribution in [3.8, 4) is 0 Å². The van der Waals surface area contributed by atoms with Gasteiger partial charge >= 0.3 is 0 Å². The number of hydrogen-bond donors (Lipinski definition) is 1. The van der Waals surface area contributed by atoms with Crippen LogP contribution in [0.4, 0.5) is 5.69 Å². The van der Waals surface area contributed by atoms with Crippen molar-refractivity contribution in [2.45, 2.75) is 58.5 Å². The zero-order valence-electron chi connectivity index (χ0n) is 15.7. The van der Waals surface area contributed by atoms with E-state index in [4.69, 9.17) is 5.73 Å². The minimum absolute atomic E-state index is 0.105. The molecule has 0 fully saturated rings. The Bertz CT molecular complexity index is 846. The minimum Gasteiger partial charge on any atom is -0.398 e. The van der Waals surface area contributed by atoms with Crippen molar-refractivity contribution in [2.24, 2.45) is 0 Å². The molecule has 2 rings (SSSR count). The van der Waals surface area contributed by atoms with E-state index < -0.39 is 10.0 Å². The standard InChI is InChI=1S/C20H28N2O2S/c1-6-16(4)22(13-18-10-8-7-9-11-18)25(23,24)20-15(3)12-14(2)19(21)17(20)5/h7-12,16H,6,13,21H2,1-5H3. The monoisotopic (exact) mass is 360 g/mol. The molecular formula is C20H28N2O2S. The molecule has 0 amide bonds. The molecule has 5 heteroatoms. The van der Waals surface area contributed by atoms with E-state index in [1.54, 1.807) is 11.2 Å². The van der Waals surface area contributed by atoms with Crippen LogP contribution >= 0.6 is 0 Å². The molecule has 2 N–H and O–H groups in total. The van der Waals surface area contributed by atoms with Crippen LogP contribution in [0.3, 0.4) is 0 Å². The lowest BCUT2D eigenvalue weighted by molar-refractivity contribution is 0.322. The summed E-state index contributed by atoms with van der Waals surface area (Å²) < 4.78 is 28.6. The topological polar surface area (TPSA) is 63.4 Å². The van der Waals surface area contributed by atoms with Crippen molar-refractivity contribution in [3.05, 3.63) is 58.7 Å². The van der Waals surface area contributed by atoms with Gasteiger partial charge in [0.2, 0.25) is 10.0 Å². The Morgan fingerprint density at radius 3 is 2.24 bits per heavy atom. The molecule has 136 valence electrons. The molecule has 0 aromatic heterocycles. The second kappa shape index (κ2) is 7.58. The van der Waals surface area contributed by atoms with Gasteiger partial charge in [-0.25, -0.2) is 8.42 Å². The lowest BCUT2D eigenvalue weighted by atomic mass is 10.1. The fraction of sp³-hybridized carbons (Fsp3) is 0.400. The lowest BCUT2D eigenvalue weighted by Gasteiger charge is -2.29. The largest absolute Gasteiger partial charge is 0.398 e. The second-order valence-electron chi connectivity index (χ2n) is 6.67. The van der Waals surface area contributed by atoms with E-state index in [0.29, 0.717) is 22.7 Å². The first-order chi connectivity index (χ1) is 11.7. The van der Waals surface area contributed by atoms with Gasteiger partial charge in [0.15, 0.2) is 0 Å². The Balaban J connectivity index is 2.58.